The number of halogens is 7. The van der Waals surface area contributed by atoms with Gasteiger partial charge in [0.05, 0.1) is 0 Å². The van der Waals surface area contributed by atoms with E-state index in [2.05, 4.69) is 22.3 Å². The normalized spacial score (nSPS) is 11.9. The molecule has 0 fully saturated rings. The molecule has 12 heteroatoms. The topological polar surface area (TPSA) is 42.5 Å². The summed E-state index contributed by atoms with van der Waals surface area (Å²) in [6.45, 7) is -1.25. The number of benzene rings is 2. The van der Waals surface area contributed by atoms with Gasteiger partial charge < -0.3 is 20.1 Å². The second-order valence-corrected chi connectivity index (χ2v) is 7.74. The van der Waals surface area contributed by atoms with E-state index >= 15 is 0 Å². The summed E-state index contributed by atoms with van der Waals surface area (Å²) in [7, 11) is 0. The fourth-order valence-electron chi connectivity index (χ4n) is 2.65. The molecule has 0 aliphatic rings. The number of nitrogens with one attached hydrogen (secondary N) is 2. The van der Waals surface area contributed by atoms with Gasteiger partial charge >= 0.3 is 18.5 Å². The number of rotatable bonds is 11. The smallest absolute Gasteiger partial charge is 0.422 e. The maximum absolute atomic E-state index is 13.2. The van der Waals surface area contributed by atoms with Crippen LogP contribution >= 0.6 is 12.2 Å². The van der Waals surface area contributed by atoms with Crippen LogP contribution in [0.5, 0.6) is 11.5 Å². The van der Waals surface area contributed by atoms with Crippen LogP contribution in [0, 0.1) is 0 Å². The Morgan fingerprint density at radius 1 is 0.882 bits per heavy atom. The number of anilines is 2. The van der Waals surface area contributed by atoms with Gasteiger partial charge in [-0.1, -0.05) is 25.5 Å². The lowest BCUT2D eigenvalue weighted by Gasteiger charge is -2.18. The quantitative estimate of drug-likeness (QED) is 0.249. The van der Waals surface area contributed by atoms with Crippen LogP contribution in [0.3, 0.4) is 0 Å². The van der Waals surface area contributed by atoms with Crippen LogP contribution in [0.2, 0.25) is 0 Å². The molecule has 0 aliphatic carbocycles. The van der Waals surface area contributed by atoms with E-state index in [1.807, 2.05) is 12.1 Å². The number of thiocarbonyl (C=S) groups is 1. The first-order valence-electron chi connectivity index (χ1n) is 10.2. The molecular weight excluding hydrogens is 489 g/mol. The van der Waals surface area contributed by atoms with Crippen molar-refractivity contribution in [2.75, 3.05) is 23.8 Å². The zero-order valence-electron chi connectivity index (χ0n) is 18.0. The highest BCUT2D eigenvalue weighted by atomic mass is 32.1. The van der Waals surface area contributed by atoms with Crippen LogP contribution in [-0.4, -0.2) is 36.9 Å². The molecule has 0 saturated carbocycles. The van der Waals surface area contributed by atoms with Crippen LogP contribution in [0.1, 0.15) is 25.3 Å². The lowest BCUT2D eigenvalue weighted by atomic mass is 10.1. The minimum atomic E-state index is -4.66. The number of ether oxygens (including phenoxy) is 2. The van der Waals surface area contributed by atoms with Crippen molar-refractivity contribution in [2.45, 2.75) is 44.7 Å². The molecule has 2 rings (SSSR count). The molecule has 0 aromatic heterocycles. The summed E-state index contributed by atoms with van der Waals surface area (Å²) in [4.78, 5) is 0. The third-order valence-electron chi connectivity index (χ3n) is 4.32. The van der Waals surface area contributed by atoms with Crippen molar-refractivity contribution in [3.8, 4) is 11.5 Å². The highest BCUT2D eigenvalue weighted by Crippen LogP contribution is 2.30. The lowest BCUT2D eigenvalue weighted by molar-refractivity contribution is -0.153. The number of alkyl halides is 7. The molecule has 0 radical (unpaired) electrons. The van der Waals surface area contributed by atoms with Crippen LogP contribution in [0.15, 0.2) is 42.5 Å². The number of aryl methyl sites for hydroxylation is 1. The maximum Gasteiger partial charge on any atom is 0.422 e. The number of hydrogen-bond acceptors (Lipinski definition) is 3. The highest BCUT2D eigenvalue weighted by molar-refractivity contribution is 7.80. The Balaban J connectivity index is 2.12. The average Bonchev–Trinajstić information content (AvgIpc) is 2.75. The van der Waals surface area contributed by atoms with Gasteiger partial charge in [-0.15, -0.1) is 0 Å². The Morgan fingerprint density at radius 2 is 1.44 bits per heavy atom. The van der Waals surface area contributed by atoms with Crippen LogP contribution < -0.4 is 20.1 Å². The second kappa shape index (κ2) is 12.1. The van der Waals surface area contributed by atoms with Crippen molar-refractivity contribution in [1.82, 2.24) is 0 Å². The van der Waals surface area contributed by atoms with E-state index < -0.39 is 37.5 Å². The van der Waals surface area contributed by atoms with Crippen LogP contribution in [-0.2, 0) is 6.42 Å². The van der Waals surface area contributed by atoms with Crippen LogP contribution in [0.4, 0.5) is 42.1 Å². The molecule has 0 atom stereocenters. The van der Waals surface area contributed by atoms with Crippen molar-refractivity contribution < 1.29 is 40.2 Å². The predicted molar refractivity (Wildman–Crippen MR) is 119 cm³/mol. The van der Waals surface area contributed by atoms with E-state index in [1.54, 1.807) is 12.1 Å². The molecule has 0 aliphatic heterocycles. The summed E-state index contributed by atoms with van der Waals surface area (Å²) in [5.74, 6) is -5.25. The molecule has 2 aromatic carbocycles. The molecule has 34 heavy (non-hydrogen) atoms. The minimum absolute atomic E-state index is 0.0344. The van der Waals surface area contributed by atoms with Crippen molar-refractivity contribution in [1.29, 1.82) is 0 Å². The monoisotopic (exact) mass is 512 g/mol. The third-order valence-corrected chi connectivity index (χ3v) is 4.53. The van der Waals surface area contributed by atoms with E-state index in [4.69, 9.17) is 17.0 Å². The van der Waals surface area contributed by atoms with Crippen molar-refractivity contribution >= 4 is 28.7 Å². The van der Waals surface area contributed by atoms with Gasteiger partial charge in [0.25, 0.3) is 0 Å². The first-order chi connectivity index (χ1) is 15.9. The van der Waals surface area contributed by atoms with Gasteiger partial charge in [-0.2, -0.15) is 22.0 Å². The van der Waals surface area contributed by atoms with E-state index in [-0.39, 0.29) is 16.5 Å². The molecule has 2 N–H and O–H groups in total. The first-order valence-corrected chi connectivity index (χ1v) is 10.6. The van der Waals surface area contributed by atoms with E-state index in [1.165, 1.54) is 0 Å². The molecule has 0 bridgehead atoms. The maximum atomic E-state index is 13.2. The number of hydrogen-bond donors (Lipinski definition) is 2. The Morgan fingerprint density at radius 3 is 1.97 bits per heavy atom. The molecule has 2 aromatic rings. The zero-order chi connectivity index (χ0) is 25.4. The Hall–Kier alpha value is -2.76. The van der Waals surface area contributed by atoms with Crippen molar-refractivity contribution in [3.05, 3.63) is 48.0 Å². The number of unbranched alkanes of at least 4 members (excludes halogenated alkanes) is 1. The molecule has 0 heterocycles. The summed E-state index contributed by atoms with van der Waals surface area (Å²) >= 11 is 5.19. The summed E-state index contributed by atoms with van der Waals surface area (Å²) in [5.41, 5.74) is 1.81. The largest absolute Gasteiger partial charge is 0.487 e. The molecule has 0 saturated heterocycles. The molecular formula is C22H23F7N2O2S. The van der Waals surface area contributed by atoms with Crippen molar-refractivity contribution in [3.63, 3.8) is 0 Å². The Labute approximate surface area is 197 Å². The van der Waals surface area contributed by atoms with Gasteiger partial charge in [-0.25, -0.2) is 8.78 Å². The molecule has 0 spiro atoms. The van der Waals surface area contributed by atoms with Gasteiger partial charge in [0, 0.05) is 29.6 Å². The van der Waals surface area contributed by atoms with Crippen LogP contribution in [0.25, 0.3) is 0 Å². The molecule has 4 nitrogen and oxygen atoms in total. The fraction of sp³-hybridized carbons (Fsp3) is 0.409. The first kappa shape index (κ1) is 27.5. The Kier molecular flexibility index (Phi) is 9.77. The summed E-state index contributed by atoms with van der Waals surface area (Å²) in [5, 5.41) is 5.60. The highest BCUT2D eigenvalue weighted by Gasteiger charge is 2.41. The van der Waals surface area contributed by atoms with E-state index in [0.29, 0.717) is 5.69 Å². The summed E-state index contributed by atoms with van der Waals surface area (Å²) in [6.07, 6.45) is -5.59. The van der Waals surface area contributed by atoms with E-state index in [0.717, 1.165) is 43.0 Å². The molecule has 0 amide bonds. The third kappa shape index (κ3) is 9.62. The average molecular weight is 512 g/mol. The molecule has 0 unspecified atom stereocenters. The lowest BCUT2D eigenvalue weighted by Crippen LogP contribution is -2.33. The SMILES string of the molecule is CCCCc1ccc(NC(=S)Nc2cc(OCC(F)(F)F)cc(OCC(F)(F)C(F)F)c2)cc1. The second-order valence-electron chi connectivity index (χ2n) is 7.33. The Bertz CT molecular complexity index is 938. The summed E-state index contributed by atoms with van der Waals surface area (Å²) < 4.78 is 97.9. The van der Waals surface area contributed by atoms with Gasteiger partial charge in [-0.3, -0.25) is 0 Å². The summed E-state index contributed by atoms with van der Waals surface area (Å²) in [6, 6.07) is 10.5. The molecule has 188 valence electrons. The minimum Gasteiger partial charge on any atom is -0.487 e. The zero-order valence-corrected chi connectivity index (χ0v) is 18.8. The van der Waals surface area contributed by atoms with Crippen molar-refractivity contribution in [2.24, 2.45) is 0 Å². The fourth-order valence-corrected chi connectivity index (χ4v) is 2.88. The van der Waals surface area contributed by atoms with Gasteiger partial charge in [0.1, 0.15) is 11.5 Å². The van der Waals surface area contributed by atoms with Gasteiger partial charge in [-0.05, 0) is 42.8 Å². The van der Waals surface area contributed by atoms with Gasteiger partial charge in [0.2, 0.25) is 0 Å². The standard InChI is InChI=1S/C22H23F7N2O2S/c1-2-3-4-14-5-7-15(8-6-14)30-20(34)31-16-9-17(32-12-21(25,26)19(23)24)11-18(10-16)33-13-22(27,28)29/h5-11,19H,2-4,12-13H2,1H3,(H2,30,31,34). The predicted octanol–water partition coefficient (Wildman–Crippen LogP) is 7.06. The van der Waals surface area contributed by atoms with Gasteiger partial charge in [0.15, 0.2) is 18.3 Å². The van der Waals surface area contributed by atoms with E-state index in [9.17, 15) is 30.7 Å².